The molecule has 0 amide bonds. The third-order valence-corrected chi connectivity index (χ3v) is 5.11. The molecule has 0 heterocycles. The van der Waals surface area contributed by atoms with Gasteiger partial charge in [0.05, 0.1) is 30.4 Å². The lowest BCUT2D eigenvalue weighted by Crippen LogP contribution is -2.14. The van der Waals surface area contributed by atoms with Crippen molar-refractivity contribution in [1.29, 1.82) is 5.26 Å². The fraction of sp³-hybridized carbons (Fsp3) is 0.200. The Bertz CT molecular complexity index is 1190. The van der Waals surface area contributed by atoms with E-state index in [1.807, 2.05) is 6.07 Å². The Kier molecular flexibility index (Phi) is 8.03. The molecule has 3 aromatic carbocycles. The maximum Gasteiger partial charge on any atom is 0.416 e. The summed E-state index contributed by atoms with van der Waals surface area (Å²) in [6, 6.07) is 17.9. The molecule has 0 fully saturated rings. The van der Waals surface area contributed by atoms with Crippen molar-refractivity contribution in [3.63, 3.8) is 0 Å². The molecule has 0 saturated heterocycles. The number of rotatable bonds is 9. The van der Waals surface area contributed by atoms with Gasteiger partial charge in [0.1, 0.15) is 28.9 Å². The van der Waals surface area contributed by atoms with Crippen molar-refractivity contribution in [2.45, 2.75) is 18.5 Å². The Labute approximate surface area is 199 Å². The first-order chi connectivity index (χ1) is 16.2. The number of nitriles is 1. The molecular formula is C25H19ClF3NO4. The molecule has 0 aromatic heterocycles. The van der Waals surface area contributed by atoms with E-state index in [0.29, 0.717) is 22.8 Å². The van der Waals surface area contributed by atoms with Crippen molar-refractivity contribution < 1.29 is 32.2 Å². The minimum absolute atomic E-state index is 0.0000726. The van der Waals surface area contributed by atoms with Crippen LogP contribution < -0.4 is 14.2 Å². The summed E-state index contributed by atoms with van der Waals surface area (Å²) in [6.45, 7) is 0.0255. The average molecular weight is 490 g/mol. The van der Waals surface area contributed by atoms with E-state index in [1.165, 1.54) is 13.2 Å². The van der Waals surface area contributed by atoms with Crippen molar-refractivity contribution in [3.05, 3.63) is 82.9 Å². The highest BCUT2D eigenvalue weighted by Gasteiger charge is 2.31. The van der Waals surface area contributed by atoms with Crippen molar-refractivity contribution in [1.82, 2.24) is 0 Å². The van der Waals surface area contributed by atoms with E-state index in [0.717, 1.165) is 18.2 Å². The molecule has 3 aromatic rings. The van der Waals surface area contributed by atoms with Gasteiger partial charge in [-0.1, -0.05) is 29.8 Å². The molecule has 0 bridgehead atoms. The van der Waals surface area contributed by atoms with Crippen LogP contribution in [0.1, 0.15) is 23.5 Å². The number of benzene rings is 3. The molecule has 0 aliphatic carbocycles. The third-order valence-electron chi connectivity index (χ3n) is 4.81. The minimum atomic E-state index is -4.51. The lowest BCUT2D eigenvalue weighted by molar-refractivity contribution is -0.137. The number of hydrogen-bond donors (Lipinski definition) is 0. The second-order valence-electron chi connectivity index (χ2n) is 7.12. The summed E-state index contributed by atoms with van der Waals surface area (Å²) in [7, 11) is 1.53. The van der Waals surface area contributed by atoms with E-state index >= 15 is 0 Å². The summed E-state index contributed by atoms with van der Waals surface area (Å²) in [5.74, 6) is 0.127. The average Bonchev–Trinajstić information content (AvgIpc) is 2.81. The molecule has 34 heavy (non-hydrogen) atoms. The highest BCUT2D eigenvalue weighted by molar-refractivity contribution is 6.32. The number of ether oxygens (including phenoxy) is 3. The molecule has 176 valence electrons. The van der Waals surface area contributed by atoms with E-state index in [1.54, 1.807) is 42.5 Å². The summed E-state index contributed by atoms with van der Waals surface area (Å²) in [4.78, 5) is 12.5. The van der Waals surface area contributed by atoms with Crippen LogP contribution in [-0.4, -0.2) is 19.5 Å². The summed E-state index contributed by atoms with van der Waals surface area (Å²) in [6.07, 6.45) is -4.51. The molecular weight excluding hydrogens is 471 g/mol. The molecule has 0 radical (unpaired) electrons. The normalized spacial score (nSPS) is 11.9. The van der Waals surface area contributed by atoms with Gasteiger partial charge in [0, 0.05) is 12.5 Å². The van der Waals surface area contributed by atoms with Gasteiger partial charge in [0.15, 0.2) is 5.78 Å². The Morgan fingerprint density at radius 1 is 1.03 bits per heavy atom. The highest BCUT2D eigenvalue weighted by atomic mass is 35.5. The highest BCUT2D eigenvalue weighted by Crippen LogP contribution is 2.37. The molecule has 9 heteroatoms. The molecule has 1 atom stereocenters. The molecule has 1 unspecified atom stereocenters. The number of methoxy groups -OCH3 is 1. The summed E-state index contributed by atoms with van der Waals surface area (Å²) >= 11 is 5.93. The smallest absolute Gasteiger partial charge is 0.416 e. The van der Waals surface area contributed by atoms with Gasteiger partial charge in [0.2, 0.25) is 0 Å². The Hall–Kier alpha value is -3.70. The predicted octanol–water partition coefficient (Wildman–Crippen LogP) is 6.81. The number of nitrogens with zero attached hydrogens (tertiary/aromatic N) is 1. The summed E-state index contributed by atoms with van der Waals surface area (Å²) < 4.78 is 54.6. The van der Waals surface area contributed by atoms with Gasteiger partial charge in [-0.3, -0.25) is 4.79 Å². The fourth-order valence-corrected chi connectivity index (χ4v) is 3.28. The van der Waals surface area contributed by atoms with Gasteiger partial charge in [-0.2, -0.15) is 18.4 Å². The number of carbonyl (C=O) groups excluding carboxylic acids is 1. The Morgan fingerprint density at radius 3 is 2.35 bits per heavy atom. The van der Waals surface area contributed by atoms with Crippen LogP contribution in [0.4, 0.5) is 13.2 Å². The second-order valence-corrected chi connectivity index (χ2v) is 7.53. The predicted molar refractivity (Wildman–Crippen MR) is 119 cm³/mol. The van der Waals surface area contributed by atoms with Gasteiger partial charge in [0.25, 0.3) is 0 Å². The fourth-order valence-electron chi connectivity index (χ4n) is 3.06. The summed E-state index contributed by atoms with van der Waals surface area (Å²) in [5, 5.41) is 9.23. The van der Waals surface area contributed by atoms with E-state index in [-0.39, 0.29) is 29.6 Å². The van der Waals surface area contributed by atoms with Crippen LogP contribution in [-0.2, 0) is 11.0 Å². The number of Topliss-reactive ketones (excluding diaryl/α,β-unsaturated/α-hetero) is 1. The molecule has 0 spiro atoms. The Balaban J connectivity index is 1.59. The number of hydrogen-bond acceptors (Lipinski definition) is 5. The quantitative estimate of drug-likeness (QED) is 0.330. The van der Waals surface area contributed by atoms with Crippen molar-refractivity contribution in [2.75, 3.05) is 13.7 Å². The van der Waals surface area contributed by atoms with Crippen LogP contribution in [0.3, 0.4) is 0 Å². The molecule has 0 saturated carbocycles. The molecule has 0 aliphatic heterocycles. The SMILES string of the molecule is COc1ccc(C(C#N)C(=O)CCOc2cccc(Oc3ccc(C(F)(F)F)cc3Cl)c2)cc1. The van der Waals surface area contributed by atoms with Gasteiger partial charge < -0.3 is 14.2 Å². The first-order valence-electron chi connectivity index (χ1n) is 10.0. The van der Waals surface area contributed by atoms with Gasteiger partial charge in [-0.05, 0) is 48.0 Å². The zero-order valence-electron chi connectivity index (χ0n) is 17.9. The lowest BCUT2D eigenvalue weighted by atomic mass is 9.94. The first kappa shape index (κ1) is 24.9. The molecule has 3 rings (SSSR count). The maximum absolute atomic E-state index is 12.8. The van der Waals surface area contributed by atoms with Crippen molar-refractivity contribution >= 4 is 17.4 Å². The largest absolute Gasteiger partial charge is 0.497 e. The van der Waals surface area contributed by atoms with Gasteiger partial charge in [-0.15, -0.1) is 0 Å². The third kappa shape index (κ3) is 6.42. The van der Waals surface area contributed by atoms with Crippen LogP contribution in [0, 0.1) is 11.3 Å². The molecule has 0 aliphatic rings. The number of halogens is 4. The monoisotopic (exact) mass is 489 g/mol. The van der Waals surface area contributed by atoms with Crippen LogP contribution >= 0.6 is 11.6 Å². The Morgan fingerprint density at radius 2 is 1.74 bits per heavy atom. The zero-order chi connectivity index (χ0) is 24.7. The molecule has 5 nitrogen and oxygen atoms in total. The van der Waals surface area contributed by atoms with Crippen LogP contribution in [0.2, 0.25) is 5.02 Å². The first-order valence-corrected chi connectivity index (χ1v) is 10.4. The van der Waals surface area contributed by atoms with Crippen LogP contribution in [0.25, 0.3) is 0 Å². The standard InChI is InChI=1S/C25H19ClF3NO4/c1-32-18-8-5-16(6-9-18)21(15-30)23(31)11-12-33-19-3-2-4-20(14-19)34-24-10-7-17(13-22(24)26)25(27,28)29/h2-10,13-14,21H,11-12H2,1H3. The van der Waals surface area contributed by atoms with Gasteiger partial charge in [-0.25, -0.2) is 0 Å². The van der Waals surface area contributed by atoms with E-state index < -0.39 is 17.7 Å². The zero-order valence-corrected chi connectivity index (χ0v) is 18.7. The summed E-state index contributed by atoms with van der Waals surface area (Å²) in [5.41, 5.74) is -0.311. The lowest BCUT2D eigenvalue weighted by Gasteiger charge is -2.13. The minimum Gasteiger partial charge on any atom is -0.497 e. The second kappa shape index (κ2) is 10.9. The van der Waals surface area contributed by atoms with Gasteiger partial charge >= 0.3 is 6.18 Å². The van der Waals surface area contributed by atoms with Crippen LogP contribution in [0.5, 0.6) is 23.0 Å². The number of carbonyl (C=O) groups is 1. The van der Waals surface area contributed by atoms with Crippen molar-refractivity contribution in [2.24, 2.45) is 0 Å². The maximum atomic E-state index is 12.8. The number of alkyl halides is 3. The van der Waals surface area contributed by atoms with E-state index in [4.69, 9.17) is 25.8 Å². The number of ketones is 1. The van der Waals surface area contributed by atoms with Crippen LogP contribution in [0.15, 0.2) is 66.7 Å². The topological polar surface area (TPSA) is 68.5 Å². The van der Waals surface area contributed by atoms with Crippen molar-refractivity contribution in [3.8, 4) is 29.1 Å². The van der Waals surface area contributed by atoms with E-state index in [9.17, 15) is 23.2 Å². The van der Waals surface area contributed by atoms with E-state index in [2.05, 4.69) is 0 Å². The molecule has 0 N–H and O–H groups in total.